The summed E-state index contributed by atoms with van der Waals surface area (Å²) >= 11 is 0. The van der Waals surface area contributed by atoms with Crippen LogP contribution >= 0.6 is 0 Å². The van der Waals surface area contributed by atoms with Crippen molar-refractivity contribution in [2.45, 2.75) is 25.1 Å². The van der Waals surface area contributed by atoms with Crippen molar-refractivity contribution in [3.8, 4) is 11.3 Å². The summed E-state index contributed by atoms with van der Waals surface area (Å²) < 4.78 is 39.5. The molecule has 2 aromatic rings. The maximum absolute atomic E-state index is 13.2. The first-order chi connectivity index (χ1) is 10.9. The Bertz CT molecular complexity index is 665. The summed E-state index contributed by atoms with van der Waals surface area (Å²) in [5.41, 5.74) is 5.84. The Kier molecular flexibility index (Phi) is 4.21. The van der Waals surface area contributed by atoms with E-state index in [2.05, 4.69) is 9.97 Å². The van der Waals surface area contributed by atoms with Crippen LogP contribution in [0.3, 0.4) is 0 Å². The van der Waals surface area contributed by atoms with E-state index < -0.39 is 11.9 Å². The van der Waals surface area contributed by atoms with Crippen LogP contribution in [-0.4, -0.2) is 29.1 Å². The lowest BCUT2D eigenvalue weighted by atomic mass is 10.1. The molecule has 0 unspecified atom stereocenters. The van der Waals surface area contributed by atoms with Gasteiger partial charge >= 0.3 is 6.18 Å². The van der Waals surface area contributed by atoms with Gasteiger partial charge in [-0.15, -0.1) is 0 Å². The molecule has 1 saturated heterocycles. The van der Waals surface area contributed by atoms with Crippen molar-refractivity contribution in [1.29, 1.82) is 0 Å². The predicted octanol–water partition coefficient (Wildman–Crippen LogP) is 3.09. The van der Waals surface area contributed by atoms with Gasteiger partial charge in [0.15, 0.2) is 5.69 Å². The molecule has 2 heterocycles. The second kappa shape index (κ2) is 6.16. The SMILES string of the molecule is NC1CCN(c2nc(-c3ccccc3)cc(C(F)(F)F)n2)CC1. The van der Waals surface area contributed by atoms with Gasteiger partial charge in [-0.1, -0.05) is 30.3 Å². The minimum atomic E-state index is -4.51. The third kappa shape index (κ3) is 3.61. The van der Waals surface area contributed by atoms with E-state index in [0.29, 0.717) is 18.7 Å². The van der Waals surface area contributed by atoms with Crippen molar-refractivity contribution in [2.75, 3.05) is 18.0 Å². The van der Waals surface area contributed by atoms with Gasteiger partial charge in [0.05, 0.1) is 5.69 Å². The molecule has 0 atom stereocenters. The number of halogens is 3. The van der Waals surface area contributed by atoms with E-state index in [0.717, 1.165) is 18.9 Å². The van der Waals surface area contributed by atoms with E-state index in [9.17, 15) is 13.2 Å². The molecule has 1 aromatic carbocycles. The average Bonchev–Trinajstić information content (AvgIpc) is 2.55. The van der Waals surface area contributed by atoms with Gasteiger partial charge in [0.2, 0.25) is 5.95 Å². The molecule has 3 rings (SSSR count). The highest BCUT2D eigenvalue weighted by Gasteiger charge is 2.34. The summed E-state index contributed by atoms with van der Waals surface area (Å²) in [6.45, 7) is 1.13. The van der Waals surface area contributed by atoms with Gasteiger partial charge in [0.1, 0.15) is 0 Å². The lowest BCUT2D eigenvalue weighted by Gasteiger charge is -2.30. The molecular formula is C16H17F3N4. The number of aromatic nitrogens is 2. The number of nitrogens with zero attached hydrogens (tertiary/aromatic N) is 3. The molecule has 1 aliphatic heterocycles. The summed E-state index contributed by atoms with van der Waals surface area (Å²) in [6, 6.07) is 9.90. The Morgan fingerprint density at radius 3 is 2.30 bits per heavy atom. The van der Waals surface area contributed by atoms with Crippen LogP contribution < -0.4 is 10.6 Å². The molecule has 23 heavy (non-hydrogen) atoms. The van der Waals surface area contributed by atoms with Crippen molar-refractivity contribution in [2.24, 2.45) is 5.73 Å². The van der Waals surface area contributed by atoms with Crippen LogP contribution in [0.4, 0.5) is 19.1 Å². The smallest absolute Gasteiger partial charge is 0.341 e. The Morgan fingerprint density at radius 1 is 1.04 bits per heavy atom. The summed E-state index contributed by atoms with van der Waals surface area (Å²) in [7, 11) is 0. The molecule has 122 valence electrons. The number of benzene rings is 1. The Labute approximate surface area is 132 Å². The van der Waals surface area contributed by atoms with Crippen LogP contribution in [-0.2, 0) is 6.18 Å². The number of piperidine rings is 1. The van der Waals surface area contributed by atoms with Gasteiger partial charge in [-0.05, 0) is 18.9 Å². The average molecular weight is 322 g/mol. The second-order valence-corrected chi connectivity index (χ2v) is 5.63. The van der Waals surface area contributed by atoms with E-state index in [1.165, 1.54) is 0 Å². The predicted molar refractivity (Wildman–Crippen MR) is 81.9 cm³/mol. The molecule has 1 fully saturated rings. The van der Waals surface area contributed by atoms with Gasteiger partial charge in [-0.2, -0.15) is 13.2 Å². The molecule has 0 bridgehead atoms. The van der Waals surface area contributed by atoms with E-state index >= 15 is 0 Å². The Balaban J connectivity index is 2.02. The largest absolute Gasteiger partial charge is 0.433 e. The molecule has 0 radical (unpaired) electrons. The van der Waals surface area contributed by atoms with Crippen molar-refractivity contribution >= 4 is 5.95 Å². The normalized spacial score (nSPS) is 16.6. The Morgan fingerprint density at radius 2 is 1.70 bits per heavy atom. The third-order valence-corrected chi connectivity index (χ3v) is 3.90. The first-order valence-electron chi connectivity index (χ1n) is 7.46. The number of anilines is 1. The monoisotopic (exact) mass is 322 g/mol. The summed E-state index contributed by atoms with van der Waals surface area (Å²) in [5, 5.41) is 0. The zero-order valence-electron chi connectivity index (χ0n) is 12.4. The molecule has 1 aromatic heterocycles. The third-order valence-electron chi connectivity index (χ3n) is 3.90. The first kappa shape index (κ1) is 15.7. The number of hydrogen-bond donors (Lipinski definition) is 1. The lowest BCUT2D eigenvalue weighted by molar-refractivity contribution is -0.141. The molecule has 0 aliphatic carbocycles. The van der Waals surface area contributed by atoms with Crippen LogP contribution in [0.15, 0.2) is 36.4 Å². The van der Waals surface area contributed by atoms with Gasteiger partial charge in [-0.25, -0.2) is 9.97 Å². The first-order valence-corrected chi connectivity index (χ1v) is 7.46. The molecule has 0 amide bonds. The molecule has 1 aliphatic rings. The summed E-state index contributed by atoms with van der Waals surface area (Å²) in [5.74, 6) is 0.116. The summed E-state index contributed by atoms with van der Waals surface area (Å²) in [6.07, 6.45) is -3.06. The molecule has 0 saturated carbocycles. The highest BCUT2D eigenvalue weighted by molar-refractivity contribution is 5.61. The van der Waals surface area contributed by atoms with Crippen LogP contribution in [0.25, 0.3) is 11.3 Å². The van der Waals surface area contributed by atoms with E-state index in [1.807, 2.05) is 6.07 Å². The maximum atomic E-state index is 13.2. The molecule has 4 nitrogen and oxygen atoms in total. The van der Waals surface area contributed by atoms with Crippen molar-refractivity contribution in [3.05, 3.63) is 42.1 Å². The van der Waals surface area contributed by atoms with Crippen LogP contribution in [0.2, 0.25) is 0 Å². The fraction of sp³-hybridized carbons (Fsp3) is 0.375. The lowest BCUT2D eigenvalue weighted by Crippen LogP contribution is -2.40. The van der Waals surface area contributed by atoms with Gasteiger partial charge in [-0.3, -0.25) is 0 Å². The fourth-order valence-corrected chi connectivity index (χ4v) is 2.58. The highest BCUT2D eigenvalue weighted by Crippen LogP contribution is 2.32. The maximum Gasteiger partial charge on any atom is 0.433 e. The number of alkyl halides is 3. The number of hydrogen-bond acceptors (Lipinski definition) is 4. The zero-order chi connectivity index (χ0) is 16.4. The molecular weight excluding hydrogens is 305 g/mol. The highest BCUT2D eigenvalue weighted by atomic mass is 19.4. The Hall–Kier alpha value is -2.15. The second-order valence-electron chi connectivity index (χ2n) is 5.63. The number of nitrogens with two attached hydrogens (primary N) is 1. The van der Waals surface area contributed by atoms with Gasteiger partial charge in [0, 0.05) is 24.7 Å². The van der Waals surface area contributed by atoms with Crippen LogP contribution in [0.1, 0.15) is 18.5 Å². The van der Waals surface area contributed by atoms with Gasteiger partial charge < -0.3 is 10.6 Å². The molecule has 7 heteroatoms. The fourth-order valence-electron chi connectivity index (χ4n) is 2.58. The minimum Gasteiger partial charge on any atom is -0.341 e. The van der Waals surface area contributed by atoms with Crippen molar-refractivity contribution in [3.63, 3.8) is 0 Å². The quantitative estimate of drug-likeness (QED) is 0.923. The van der Waals surface area contributed by atoms with E-state index in [1.54, 1.807) is 29.2 Å². The standard InChI is InChI=1S/C16H17F3N4/c17-16(18,19)14-10-13(11-4-2-1-3-5-11)21-15(22-14)23-8-6-12(20)7-9-23/h1-5,10,12H,6-9,20H2. The summed E-state index contributed by atoms with van der Waals surface area (Å²) in [4.78, 5) is 9.84. The van der Waals surface area contributed by atoms with Crippen LogP contribution in [0.5, 0.6) is 0 Å². The van der Waals surface area contributed by atoms with E-state index in [4.69, 9.17) is 5.73 Å². The topological polar surface area (TPSA) is 55.0 Å². The van der Waals surface area contributed by atoms with E-state index in [-0.39, 0.29) is 17.7 Å². The minimum absolute atomic E-state index is 0.0886. The van der Waals surface area contributed by atoms with Gasteiger partial charge in [0.25, 0.3) is 0 Å². The molecule has 2 N–H and O–H groups in total. The number of rotatable bonds is 2. The van der Waals surface area contributed by atoms with Crippen molar-refractivity contribution < 1.29 is 13.2 Å². The molecule has 0 spiro atoms. The van der Waals surface area contributed by atoms with Crippen LogP contribution in [0, 0.1) is 0 Å². The zero-order valence-corrected chi connectivity index (χ0v) is 12.4. The van der Waals surface area contributed by atoms with Crippen molar-refractivity contribution in [1.82, 2.24) is 9.97 Å².